The number of rotatable bonds is 5. The highest BCUT2D eigenvalue weighted by Crippen LogP contribution is 2.18. The predicted molar refractivity (Wildman–Crippen MR) is 90.4 cm³/mol. The zero-order valence-electron chi connectivity index (χ0n) is 14.2. The highest BCUT2D eigenvalue weighted by Gasteiger charge is 2.36. The van der Waals surface area contributed by atoms with Crippen LogP contribution in [0.25, 0.3) is 0 Å². The van der Waals surface area contributed by atoms with E-state index >= 15 is 0 Å². The summed E-state index contributed by atoms with van der Waals surface area (Å²) in [4.78, 5) is 28.2. The van der Waals surface area contributed by atoms with E-state index in [1.165, 1.54) is 5.56 Å². The van der Waals surface area contributed by atoms with Crippen LogP contribution < -0.4 is 5.32 Å². The third-order valence-electron chi connectivity index (χ3n) is 4.61. The molecule has 0 spiro atoms. The van der Waals surface area contributed by atoms with Gasteiger partial charge in [0.25, 0.3) is 0 Å². The fraction of sp³-hybridized carbons (Fsp3) is 0.556. The molecule has 2 saturated heterocycles. The van der Waals surface area contributed by atoms with E-state index in [0.29, 0.717) is 52.5 Å². The van der Waals surface area contributed by atoms with Crippen molar-refractivity contribution in [1.29, 1.82) is 0 Å². The minimum Gasteiger partial charge on any atom is -0.378 e. The van der Waals surface area contributed by atoms with Crippen molar-refractivity contribution >= 4 is 11.8 Å². The predicted octanol–water partition coefficient (Wildman–Crippen LogP) is 0.402. The molecule has 2 amide bonds. The lowest BCUT2D eigenvalue weighted by molar-refractivity contribution is -0.146. The first-order chi connectivity index (χ1) is 11.6. The van der Waals surface area contributed by atoms with Crippen molar-refractivity contribution in [3.8, 4) is 0 Å². The number of nitrogens with zero attached hydrogens (tertiary/aromatic N) is 2. The van der Waals surface area contributed by atoms with E-state index in [-0.39, 0.29) is 17.7 Å². The molecule has 3 rings (SSSR count). The van der Waals surface area contributed by atoms with Crippen LogP contribution in [0.15, 0.2) is 24.3 Å². The normalized spacial score (nSPS) is 19.0. The number of aryl methyl sites for hydroxylation is 1. The summed E-state index contributed by atoms with van der Waals surface area (Å²) in [6, 6.07) is 8.13. The number of morpholine rings is 1. The van der Waals surface area contributed by atoms with Gasteiger partial charge in [0.15, 0.2) is 0 Å². The van der Waals surface area contributed by atoms with Gasteiger partial charge in [-0.25, -0.2) is 0 Å². The Morgan fingerprint density at radius 1 is 1.17 bits per heavy atom. The summed E-state index contributed by atoms with van der Waals surface area (Å²) in [7, 11) is 0. The van der Waals surface area contributed by atoms with Crippen LogP contribution in [0.4, 0.5) is 0 Å². The minimum atomic E-state index is 0.00727. The molecule has 0 aliphatic carbocycles. The number of hydrogen-bond donors (Lipinski definition) is 1. The third-order valence-corrected chi connectivity index (χ3v) is 4.61. The van der Waals surface area contributed by atoms with Gasteiger partial charge in [0.2, 0.25) is 11.8 Å². The van der Waals surface area contributed by atoms with Crippen LogP contribution in [0.1, 0.15) is 11.1 Å². The van der Waals surface area contributed by atoms with Crippen LogP contribution in [0.3, 0.4) is 0 Å². The van der Waals surface area contributed by atoms with E-state index < -0.39 is 0 Å². The minimum absolute atomic E-state index is 0.00727. The fourth-order valence-electron chi connectivity index (χ4n) is 3.06. The molecule has 2 fully saturated rings. The van der Waals surface area contributed by atoms with Gasteiger partial charge in [-0.2, -0.15) is 0 Å². The van der Waals surface area contributed by atoms with Gasteiger partial charge in [-0.15, -0.1) is 0 Å². The van der Waals surface area contributed by atoms with Gasteiger partial charge in [0.05, 0.1) is 25.7 Å². The van der Waals surface area contributed by atoms with E-state index in [9.17, 15) is 9.59 Å². The van der Waals surface area contributed by atoms with Crippen molar-refractivity contribution in [2.45, 2.75) is 13.5 Å². The summed E-state index contributed by atoms with van der Waals surface area (Å²) in [6.07, 6.45) is 0. The molecule has 1 aromatic carbocycles. The van der Waals surface area contributed by atoms with E-state index in [4.69, 9.17) is 4.74 Å². The Morgan fingerprint density at radius 3 is 2.50 bits per heavy atom. The average molecular weight is 331 g/mol. The topological polar surface area (TPSA) is 61.9 Å². The lowest BCUT2D eigenvalue weighted by atomic mass is 9.98. The third kappa shape index (κ3) is 4.33. The molecule has 0 bridgehead atoms. The van der Waals surface area contributed by atoms with Gasteiger partial charge in [0, 0.05) is 32.7 Å². The molecule has 1 aromatic rings. The lowest BCUT2D eigenvalue weighted by Crippen LogP contribution is -2.57. The number of benzene rings is 1. The summed E-state index contributed by atoms with van der Waals surface area (Å²) in [6.45, 7) is 6.93. The van der Waals surface area contributed by atoms with E-state index in [0.717, 1.165) is 5.56 Å². The molecule has 6 heteroatoms. The molecule has 6 nitrogen and oxygen atoms in total. The van der Waals surface area contributed by atoms with Crippen molar-refractivity contribution in [3.05, 3.63) is 35.4 Å². The second kappa shape index (κ2) is 7.77. The van der Waals surface area contributed by atoms with Crippen LogP contribution in [0.2, 0.25) is 0 Å². The Labute approximate surface area is 142 Å². The monoisotopic (exact) mass is 331 g/mol. The molecule has 0 unspecified atom stereocenters. The summed E-state index contributed by atoms with van der Waals surface area (Å²) in [5.74, 6) is 0.246. The smallest absolute Gasteiger partial charge is 0.234 e. The number of hydrogen-bond acceptors (Lipinski definition) is 4. The van der Waals surface area contributed by atoms with Crippen molar-refractivity contribution in [2.75, 3.05) is 45.9 Å². The quantitative estimate of drug-likeness (QED) is 0.848. The summed E-state index contributed by atoms with van der Waals surface area (Å²) >= 11 is 0. The van der Waals surface area contributed by atoms with Crippen molar-refractivity contribution < 1.29 is 14.3 Å². The number of ether oxygens (including phenoxy) is 1. The highest BCUT2D eigenvalue weighted by atomic mass is 16.5. The Kier molecular flexibility index (Phi) is 5.48. The molecule has 0 radical (unpaired) electrons. The number of carbonyl (C=O) groups is 2. The van der Waals surface area contributed by atoms with Crippen molar-refractivity contribution in [2.24, 2.45) is 5.92 Å². The largest absolute Gasteiger partial charge is 0.378 e. The highest BCUT2D eigenvalue weighted by molar-refractivity contribution is 5.81. The number of nitrogens with one attached hydrogen (secondary N) is 1. The maximum absolute atomic E-state index is 12.3. The SMILES string of the molecule is Cc1ccc(CNC(=O)CN2CC(C(=O)N3CCOCC3)C2)cc1. The first-order valence-electron chi connectivity index (χ1n) is 8.53. The molecular formula is C18H25N3O3. The van der Waals surface area contributed by atoms with E-state index in [1.807, 2.05) is 41.0 Å². The molecule has 0 aromatic heterocycles. The van der Waals surface area contributed by atoms with Crippen LogP contribution in [-0.2, 0) is 20.9 Å². The second-order valence-electron chi connectivity index (χ2n) is 6.59. The molecule has 0 atom stereocenters. The van der Waals surface area contributed by atoms with E-state index in [1.54, 1.807) is 0 Å². The maximum atomic E-state index is 12.3. The average Bonchev–Trinajstić information content (AvgIpc) is 2.57. The fourth-order valence-corrected chi connectivity index (χ4v) is 3.06. The maximum Gasteiger partial charge on any atom is 0.234 e. The summed E-state index contributed by atoms with van der Waals surface area (Å²) < 4.78 is 5.27. The zero-order chi connectivity index (χ0) is 16.9. The van der Waals surface area contributed by atoms with E-state index in [2.05, 4.69) is 5.32 Å². The van der Waals surface area contributed by atoms with Gasteiger partial charge >= 0.3 is 0 Å². The Bertz CT molecular complexity index is 576. The lowest BCUT2D eigenvalue weighted by Gasteiger charge is -2.40. The molecule has 24 heavy (non-hydrogen) atoms. The number of carbonyl (C=O) groups excluding carboxylic acids is 2. The second-order valence-corrected chi connectivity index (χ2v) is 6.59. The summed E-state index contributed by atoms with van der Waals surface area (Å²) in [5.41, 5.74) is 2.31. The first kappa shape index (κ1) is 16.9. The van der Waals surface area contributed by atoms with Crippen LogP contribution in [-0.4, -0.2) is 67.6 Å². The Hall–Kier alpha value is -1.92. The molecule has 2 heterocycles. The van der Waals surface area contributed by atoms with Crippen molar-refractivity contribution in [3.63, 3.8) is 0 Å². The molecule has 2 aliphatic heterocycles. The Morgan fingerprint density at radius 2 is 1.83 bits per heavy atom. The molecular weight excluding hydrogens is 306 g/mol. The molecule has 1 N–H and O–H groups in total. The summed E-state index contributed by atoms with van der Waals surface area (Å²) in [5, 5.41) is 2.93. The van der Waals surface area contributed by atoms with Crippen molar-refractivity contribution in [1.82, 2.24) is 15.1 Å². The zero-order valence-corrected chi connectivity index (χ0v) is 14.2. The van der Waals surface area contributed by atoms with Crippen LogP contribution in [0.5, 0.6) is 0 Å². The van der Waals surface area contributed by atoms with Gasteiger partial charge in [-0.05, 0) is 12.5 Å². The number of likely N-dealkylation sites (tertiary alicyclic amines) is 1. The first-order valence-corrected chi connectivity index (χ1v) is 8.53. The van der Waals surface area contributed by atoms with Gasteiger partial charge in [0.1, 0.15) is 0 Å². The standard InChI is InChI=1S/C18H25N3O3/c1-14-2-4-15(5-3-14)10-19-17(22)13-20-11-16(12-20)18(23)21-6-8-24-9-7-21/h2-5,16H,6-13H2,1H3,(H,19,22). The van der Waals surface area contributed by atoms with Crippen LogP contribution >= 0.6 is 0 Å². The van der Waals surface area contributed by atoms with Gasteiger partial charge in [-0.3, -0.25) is 14.5 Å². The number of amides is 2. The molecule has 2 aliphatic rings. The Balaban J connectivity index is 1.35. The van der Waals surface area contributed by atoms with Gasteiger partial charge in [-0.1, -0.05) is 29.8 Å². The molecule has 130 valence electrons. The molecule has 0 saturated carbocycles. The van der Waals surface area contributed by atoms with Crippen LogP contribution in [0, 0.1) is 12.8 Å². The van der Waals surface area contributed by atoms with Gasteiger partial charge < -0.3 is 15.0 Å².